The van der Waals surface area contributed by atoms with Gasteiger partial charge >= 0.3 is 0 Å². The van der Waals surface area contributed by atoms with Crippen LogP contribution in [0.1, 0.15) is 5.56 Å². The largest absolute Gasteiger partial charge is 0.390 e. The lowest BCUT2D eigenvalue weighted by atomic mass is 10.1. The first-order valence-electron chi connectivity index (χ1n) is 5.97. The van der Waals surface area contributed by atoms with Crippen LogP contribution in [0.2, 0.25) is 5.02 Å². The maximum absolute atomic E-state index is 12.1. The summed E-state index contributed by atoms with van der Waals surface area (Å²) in [4.78, 5) is 13.7. The Hall–Kier alpha value is -1.10. The molecule has 4 nitrogen and oxygen atoms in total. The van der Waals surface area contributed by atoms with Crippen molar-refractivity contribution in [3.63, 3.8) is 0 Å². The number of benzene rings is 1. The van der Waals surface area contributed by atoms with Crippen molar-refractivity contribution in [2.24, 2.45) is 0 Å². The van der Waals surface area contributed by atoms with Gasteiger partial charge in [0.2, 0.25) is 5.91 Å². The monoisotopic (exact) mass is 268 g/mol. The molecule has 1 fully saturated rings. The Bertz CT molecular complexity index is 439. The minimum Gasteiger partial charge on any atom is -0.390 e. The summed E-state index contributed by atoms with van der Waals surface area (Å²) < 4.78 is 0. The minimum atomic E-state index is -0.495. The maximum Gasteiger partial charge on any atom is 0.227 e. The number of hydrogen-bond donors (Lipinski definition) is 2. The summed E-state index contributed by atoms with van der Waals surface area (Å²) in [5.41, 5.74) is 0.816. The molecule has 2 rings (SSSR count). The predicted molar refractivity (Wildman–Crippen MR) is 70.6 cm³/mol. The van der Waals surface area contributed by atoms with E-state index >= 15 is 0 Å². The molecule has 2 N–H and O–H groups in total. The second-order valence-electron chi connectivity index (χ2n) is 4.57. The molecule has 0 aromatic heterocycles. The van der Waals surface area contributed by atoms with Gasteiger partial charge in [0, 0.05) is 25.2 Å². The van der Waals surface area contributed by atoms with E-state index in [1.54, 1.807) is 18.0 Å². The number of likely N-dealkylation sites (N-methyl/N-ethyl adjacent to an activating group) is 1. The summed E-state index contributed by atoms with van der Waals surface area (Å²) in [6.07, 6.45) is -0.232. The number of aliphatic hydroxyl groups is 1. The van der Waals surface area contributed by atoms with Gasteiger partial charge in [-0.25, -0.2) is 0 Å². The first-order valence-corrected chi connectivity index (χ1v) is 6.35. The molecule has 0 aliphatic carbocycles. The van der Waals surface area contributed by atoms with Crippen LogP contribution in [0.4, 0.5) is 0 Å². The number of carbonyl (C=O) groups is 1. The average molecular weight is 269 g/mol. The number of hydrogen-bond acceptors (Lipinski definition) is 3. The Balaban J connectivity index is 2.02. The number of nitrogens with zero attached hydrogens (tertiary/aromatic N) is 1. The van der Waals surface area contributed by atoms with Crippen molar-refractivity contribution < 1.29 is 9.90 Å². The quantitative estimate of drug-likeness (QED) is 0.847. The fraction of sp³-hybridized carbons (Fsp3) is 0.462. The highest BCUT2D eigenvalue weighted by Crippen LogP contribution is 2.17. The van der Waals surface area contributed by atoms with Crippen LogP contribution in [0, 0.1) is 0 Å². The van der Waals surface area contributed by atoms with Crippen molar-refractivity contribution >= 4 is 17.5 Å². The molecule has 0 unspecified atom stereocenters. The molecule has 1 amide bonds. The second-order valence-corrected chi connectivity index (χ2v) is 4.97. The normalized spacial score (nSPS) is 23.1. The molecule has 2 atom stereocenters. The standard InChI is InChI=1S/C13H17ClN2O2/c1-16(11-7-15-8-12(11)17)13(18)6-9-4-2-3-5-10(9)14/h2-5,11-12,15,17H,6-8H2,1H3/t11-,12-/m1/s1. The van der Waals surface area contributed by atoms with Gasteiger partial charge in [0.1, 0.15) is 0 Å². The zero-order valence-corrected chi connectivity index (χ0v) is 11.0. The van der Waals surface area contributed by atoms with Crippen LogP contribution in [0.15, 0.2) is 24.3 Å². The van der Waals surface area contributed by atoms with Crippen LogP contribution in [-0.4, -0.2) is 48.2 Å². The van der Waals surface area contributed by atoms with E-state index in [-0.39, 0.29) is 18.4 Å². The maximum atomic E-state index is 12.1. The van der Waals surface area contributed by atoms with Gasteiger partial charge in [-0.15, -0.1) is 0 Å². The van der Waals surface area contributed by atoms with E-state index in [2.05, 4.69) is 5.32 Å². The number of amides is 1. The van der Waals surface area contributed by atoms with E-state index in [1.165, 1.54) is 0 Å². The number of β-amino-alcohol motifs (C(OH)–C–C–N with tert-alkyl or cyclic N) is 1. The zero-order chi connectivity index (χ0) is 13.1. The first-order chi connectivity index (χ1) is 8.59. The van der Waals surface area contributed by atoms with E-state index in [9.17, 15) is 9.90 Å². The molecule has 1 saturated heterocycles. The molecule has 0 saturated carbocycles. The van der Waals surface area contributed by atoms with E-state index in [0.717, 1.165) is 5.56 Å². The average Bonchev–Trinajstić information content (AvgIpc) is 2.77. The number of rotatable bonds is 3. The Morgan fingerprint density at radius 3 is 2.83 bits per heavy atom. The van der Waals surface area contributed by atoms with Crippen LogP contribution in [0.5, 0.6) is 0 Å². The molecule has 1 aliphatic heterocycles. The molecular formula is C13H17ClN2O2. The molecule has 1 heterocycles. The van der Waals surface area contributed by atoms with Crippen LogP contribution in [0.3, 0.4) is 0 Å². The van der Waals surface area contributed by atoms with Gasteiger partial charge in [-0.2, -0.15) is 0 Å². The summed E-state index contributed by atoms with van der Waals surface area (Å²) in [5, 5.41) is 13.4. The van der Waals surface area contributed by atoms with E-state index < -0.39 is 6.10 Å². The number of nitrogens with one attached hydrogen (secondary N) is 1. The molecule has 1 aliphatic rings. The summed E-state index contributed by atoms with van der Waals surface area (Å²) in [7, 11) is 1.72. The molecule has 0 radical (unpaired) electrons. The molecule has 18 heavy (non-hydrogen) atoms. The second kappa shape index (κ2) is 5.69. The van der Waals surface area contributed by atoms with Gasteiger partial charge in [0.15, 0.2) is 0 Å². The van der Waals surface area contributed by atoms with Gasteiger partial charge in [-0.3, -0.25) is 4.79 Å². The van der Waals surface area contributed by atoms with E-state index in [1.807, 2.05) is 18.2 Å². The lowest BCUT2D eigenvalue weighted by Crippen LogP contribution is -2.44. The summed E-state index contributed by atoms with van der Waals surface area (Å²) in [5.74, 6) is -0.0316. The minimum absolute atomic E-state index is 0.0316. The van der Waals surface area contributed by atoms with Crippen LogP contribution < -0.4 is 5.32 Å². The predicted octanol–water partition coefficient (Wildman–Crippen LogP) is 0.674. The van der Waals surface area contributed by atoms with Gasteiger partial charge < -0.3 is 15.3 Å². The molecule has 0 spiro atoms. The fourth-order valence-corrected chi connectivity index (χ4v) is 2.36. The van der Waals surface area contributed by atoms with E-state index in [4.69, 9.17) is 11.6 Å². The number of halogens is 1. The highest BCUT2D eigenvalue weighted by atomic mass is 35.5. The summed E-state index contributed by atoms with van der Waals surface area (Å²) in [6, 6.07) is 7.17. The first kappa shape index (κ1) is 13.3. The summed E-state index contributed by atoms with van der Waals surface area (Å²) in [6.45, 7) is 1.17. The van der Waals surface area contributed by atoms with Crippen molar-refractivity contribution in [2.45, 2.75) is 18.6 Å². The van der Waals surface area contributed by atoms with Crippen molar-refractivity contribution in [3.8, 4) is 0 Å². The Labute approximate surface area is 112 Å². The van der Waals surface area contributed by atoms with E-state index in [0.29, 0.717) is 18.1 Å². The Morgan fingerprint density at radius 1 is 1.50 bits per heavy atom. The molecule has 0 bridgehead atoms. The Morgan fingerprint density at radius 2 is 2.22 bits per heavy atom. The van der Waals surface area contributed by atoms with Crippen molar-refractivity contribution in [1.29, 1.82) is 0 Å². The van der Waals surface area contributed by atoms with Gasteiger partial charge in [0.25, 0.3) is 0 Å². The molecule has 1 aromatic rings. The molecule has 1 aromatic carbocycles. The molecule has 5 heteroatoms. The zero-order valence-electron chi connectivity index (χ0n) is 10.3. The third-order valence-electron chi connectivity index (χ3n) is 3.34. The van der Waals surface area contributed by atoms with Crippen molar-refractivity contribution in [3.05, 3.63) is 34.9 Å². The summed E-state index contributed by atoms with van der Waals surface area (Å²) >= 11 is 6.03. The van der Waals surface area contributed by atoms with Crippen LogP contribution in [-0.2, 0) is 11.2 Å². The van der Waals surface area contributed by atoms with Gasteiger partial charge in [-0.05, 0) is 11.6 Å². The highest BCUT2D eigenvalue weighted by Gasteiger charge is 2.31. The number of aliphatic hydroxyl groups excluding tert-OH is 1. The van der Waals surface area contributed by atoms with Crippen molar-refractivity contribution in [2.75, 3.05) is 20.1 Å². The fourth-order valence-electron chi connectivity index (χ4n) is 2.16. The third kappa shape index (κ3) is 2.83. The molecular weight excluding hydrogens is 252 g/mol. The highest BCUT2D eigenvalue weighted by molar-refractivity contribution is 6.31. The lowest BCUT2D eigenvalue weighted by Gasteiger charge is -2.26. The van der Waals surface area contributed by atoms with Crippen LogP contribution in [0.25, 0.3) is 0 Å². The lowest BCUT2D eigenvalue weighted by molar-refractivity contribution is -0.132. The van der Waals surface area contributed by atoms with Crippen LogP contribution >= 0.6 is 11.6 Å². The SMILES string of the molecule is CN(C(=O)Cc1ccccc1Cl)[C@@H]1CNC[C@H]1O. The Kier molecular flexibility index (Phi) is 4.22. The van der Waals surface area contributed by atoms with Gasteiger partial charge in [-0.1, -0.05) is 29.8 Å². The molecule has 98 valence electrons. The van der Waals surface area contributed by atoms with Crippen molar-refractivity contribution in [1.82, 2.24) is 10.2 Å². The smallest absolute Gasteiger partial charge is 0.227 e. The topological polar surface area (TPSA) is 52.6 Å². The van der Waals surface area contributed by atoms with Gasteiger partial charge in [0.05, 0.1) is 18.6 Å². The number of carbonyl (C=O) groups excluding carboxylic acids is 1. The third-order valence-corrected chi connectivity index (χ3v) is 3.71.